The Morgan fingerprint density at radius 1 is 1.56 bits per heavy atom. The predicted molar refractivity (Wildman–Crippen MR) is 70.7 cm³/mol. The zero-order chi connectivity index (χ0) is 13.8. The minimum Gasteiger partial charge on any atom is -0.480 e. The molecule has 0 aromatic heterocycles. The summed E-state index contributed by atoms with van der Waals surface area (Å²) in [5.74, 6) is -0.488. The Labute approximate surface area is 109 Å². The first-order valence-electron chi connectivity index (χ1n) is 6.65. The third-order valence-corrected chi connectivity index (χ3v) is 3.55. The lowest BCUT2D eigenvalue weighted by Crippen LogP contribution is -2.59. The first-order chi connectivity index (χ1) is 8.42. The Balaban J connectivity index is 2.47. The lowest BCUT2D eigenvalue weighted by molar-refractivity contribution is -0.146. The number of carboxylic acid groups (broad SMARTS) is 1. The second-order valence-corrected chi connectivity index (χ2v) is 5.46. The Kier molecular flexibility index (Phi) is 5.56. The van der Waals surface area contributed by atoms with E-state index in [1.54, 1.807) is 7.05 Å². The molecule has 5 nitrogen and oxygen atoms in total. The average Bonchev–Trinajstić information content (AvgIpc) is 3.09. The van der Waals surface area contributed by atoms with Crippen molar-refractivity contribution in [1.82, 2.24) is 10.2 Å². The van der Waals surface area contributed by atoms with Crippen LogP contribution in [0.1, 0.15) is 26.7 Å². The van der Waals surface area contributed by atoms with E-state index >= 15 is 0 Å². The van der Waals surface area contributed by atoms with Gasteiger partial charge in [-0.15, -0.1) is 0 Å². The zero-order valence-electron chi connectivity index (χ0n) is 11.9. The van der Waals surface area contributed by atoms with Crippen molar-refractivity contribution in [2.45, 2.75) is 38.3 Å². The van der Waals surface area contributed by atoms with Crippen LogP contribution in [0.3, 0.4) is 0 Å². The SMILES string of the molecule is CNC(CN(C)CCOC(C)C)(C(=O)O)C1CC1. The van der Waals surface area contributed by atoms with Gasteiger partial charge in [0.05, 0.1) is 12.7 Å². The number of hydrogen-bond donors (Lipinski definition) is 2. The molecule has 0 saturated heterocycles. The van der Waals surface area contributed by atoms with Crippen LogP contribution in [0.5, 0.6) is 0 Å². The summed E-state index contributed by atoms with van der Waals surface area (Å²) in [6.07, 6.45) is 2.22. The van der Waals surface area contributed by atoms with Crippen molar-refractivity contribution in [3.63, 3.8) is 0 Å². The molecular formula is C13H26N2O3. The second-order valence-electron chi connectivity index (χ2n) is 5.46. The van der Waals surface area contributed by atoms with Gasteiger partial charge < -0.3 is 20.1 Å². The topological polar surface area (TPSA) is 61.8 Å². The van der Waals surface area contributed by atoms with Gasteiger partial charge in [-0.1, -0.05) is 0 Å². The lowest BCUT2D eigenvalue weighted by atomic mass is 9.93. The van der Waals surface area contributed by atoms with Crippen LogP contribution >= 0.6 is 0 Å². The minimum absolute atomic E-state index is 0.218. The third-order valence-electron chi connectivity index (χ3n) is 3.55. The molecule has 0 aromatic carbocycles. The molecule has 106 valence electrons. The van der Waals surface area contributed by atoms with Crippen LogP contribution in [-0.4, -0.2) is 61.4 Å². The fourth-order valence-electron chi connectivity index (χ4n) is 2.29. The fourth-order valence-corrected chi connectivity index (χ4v) is 2.29. The molecule has 1 atom stereocenters. The normalized spacial score (nSPS) is 19.2. The molecule has 0 bridgehead atoms. The molecule has 1 fully saturated rings. The van der Waals surface area contributed by atoms with Crippen molar-refractivity contribution in [2.75, 3.05) is 33.8 Å². The summed E-state index contributed by atoms with van der Waals surface area (Å²) in [6.45, 7) is 5.91. The molecule has 1 saturated carbocycles. The summed E-state index contributed by atoms with van der Waals surface area (Å²) in [5, 5.41) is 12.5. The number of nitrogens with zero attached hydrogens (tertiary/aromatic N) is 1. The van der Waals surface area contributed by atoms with E-state index < -0.39 is 11.5 Å². The molecule has 0 aromatic rings. The molecule has 18 heavy (non-hydrogen) atoms. The van der Waals surface area contributed by atoms with E-state index in [4.69, 9.17) is 4.74 Å². The maximum Gasteiger partial charge on any atom is 0.325 e. The van der Waals surface area contributed by atoms with Crippen molar-refractivity contribution in [3.8, 4) is 0 Å². The highest BCUT2D eigenvalue weighted by molar-refractivity contribution is 5.80. The van der Waals surface area contributed by atoms with Gasteiger partial charge in [0.2, 0.25) is 0 Å². The van der Waals surface area contributed by atoms with E-state index in [0.29, 0.717) is 13.2 Å². The molecule has 1 aliphatic rings. The van der Waals surface area contributed by atoms with Gasteiger partial charge in [0, 0.05) is 13.1 Å². The van der Waals surface area contributed by atoms with Gasteiger partial charge in [0.25, 0.3) is 0 Å². The van der Waals surface area contributed by atoms with Gasteiger partial charge in [-0.2, -0.15) is 0 Å². The zero-order valence-corrected chi connectivity index (χ0v) is 11.9. The molecule has 1 aliphatic carbocycles. The van der Waals surface area contributed by atoms with E-state index in [0.717, 1.165) is 19.4 Å². The number of carboxylic acids is 1. The summed E-state index contributed by atoms with van der Waals surface area (Å²) >= 11 is 0. The summed E-state index contributed by atoms with van der Waals surface area (Å²) in [5.41, 5.74) is -0.799. The number of hydrogen-bond acceptors (Lipinski definition) is 4. The lowest BCUT2D eigenvalue weighted by Gasteiger charge is -2.33. The summed E-state index contributed by atoms with van der Waals surface area (Å²) < 4.78 is 5.49. The van der Waals surface area contributed by atoms with Crippen LogP contribution in [-0.2, 0) is 9.53 Å². The predicted octanol–water partition coefficient (Wildman–Crippen LogP) is 0.796. The van der Waals surface area contributed by atoms with Gasteiger partial charge >= 0.3 is 5.97 Å². The van der Waals surface area contributed by atoms with Crippen LogP contribution in [0.25, 0.3) is 0 Å². The van der Waals surface area contributed by atoms with Crippen molar-refractivity contribution < 1.29 is 14.6 Å². The van der Waals surface area contributed by atoms with Gasteiger partial charge in [0.1, 0.15) is 5.54 Å². The van der Waals surface area contributed by atoms with Gasteiger partial charge in [-0.25, -0.2) is 0 Å². The summed E-state index contributed by atoms with van der Waals surface area (Å²) in [4.78, 5) is 13.6. The maximum absolute atomic E-state index is 11.5. The third kappa shape index (κ3) is 3.93. The number of rotatable bonds is 9. The van der Waals surface area contributed by atoms with E-state index in [2.05, 4.69) is 5.32 Å². The second kappa shape index (κ2) is 6.50. The first kappa shape index (κ1) is 15.4. The van der Waals surface area contributed by atoms with E-state index in [1.165, 1.54) is 0 Å². The molecule has 0 radical (unpaired) electrons. The Hall–Kier alpha value is -0.650. The van der Waals surface area contributed by atoms with Crippen LogP contribution in [0, 0.1) is 5.92 Å². The Bertz CT molecular complexity index is 279. The fraction of sp³-hybridized carbons (Fsp3) is 0.923. The summed E-state index contributed by atoms with van der Waals surface area (Å²) in [6, 6.07) is 0. The number of carbonyl (C=O) groups is 1. The molecule has 0 aliphatic heterocycles. The maximum atomic E-state index is 11.5. The minimum atomic E-state index is -0.799. The van der Waals surface area contributed by atoms with Gasteiger partial charge in [0.15, 0.2) is 0 Å². The van der Waals surface area contributed by atoms with E-state index in [-0.39, 0.29) is 12.0 Å². The molecule has 1 rings (SSSR count). The number of aliphatic carboxylic acids is 1. The van der Waals surface area contributed by atoms with Crippen molar-refractivity contribution in [3.05, 3.63) is 0 Å². The molecule has 1 unspecified atom stereocenters. The van der Waals surface area contributed by atoms with Crippen LogP contribution in [0.2, 0.25) is 0 Å². The first-order valence-corrected chi connectivity index (χ1v) is 6.65. The molecule has 2 N–H and O–H groups in total. The van der Waals surface area contributed by atoms with Crippen LogP contribution in [0.4, 0.5) is 0 Å². The van der Waals surface area contributed by atoms with Crippen molar-refractivity contribution >= 4 is 5.97 Å². The molecule has 0 spiro atoms. The van der Waals surface area contributed by atoms with Gasteiger partial charge in [-0.3, -0.25) is 4.79 Å². The quantitative estimate of drug-likeness (QED) is 0.640. The standard InChI is InChI=1S/C13H26N2O3/c1-10(2)18-8-7-15(4)9-13(14-3,12(16)17)11-5-6-11/h10-11,14H,5-9H2,1-4H3,(H,16,17). The monoisotopic (exact) mass is 258 g/mol. The molecule has 0 amide bonds. The average molecular weight is 258 g/mol. The smallest absolute Gasteiger partial charge is 0.325 e. The summed E-state index contributed by atoms with van der Waals surface area (Å²) in [7, 11) is 3.69. The van der Waals surface area contributed by atoms with E-state index in [1.807, 2.05) is 25.8 Å². The number of ether oxygens (including phenoxy) is 1. The highest BCUT2D eigenvalue weighted by Gasteiger charge is 2.50. The van der Waals surface area contributed by atoms with Crippen LogP contribution < -0.4 is 5.32 Å². The van der Waals surface area contributed by atoms with Crippen molar-refractivity contribution in [2.24, 2.45) is 5.92 Å². The Morgan fingerprint density at radius 2 is 2.17 bits per heavy atom. The van der Waals surface area contributed by atoms with E-state index in [9.17, 15) is 9.90 Å². The largest absolute Gasteiger partial charge is 0.480 e. The molecule has 0 heterocycles. The number of nitrogens with one attached hydrogen (secondary N) is 1. The van der Waals surface area contributed by atoms with Crippen LogP contribution in [0.15, 0.2) is 0 Å². The highest BCUT2D eigenvalue weighted by Crippen LogP contribution is 2.40. The molecule has 5 heteroatoms. The van der Waals surface area contributed by atoms with Crippen molar-refractivity contribution in [1.29, 1.82) is 0 Å². The highest BCUT2D eigenvalue weighted by atomic mass is 16.5. The number of likely N-dealkylation sites (N-methyl/N-ethyl adjacent to an activating group) is 2. The molecular weight excluding hydrogens is 232 g/mol. The Morgan fingerprint density at radius 3 is 2.56 bits per heavy atom. The van der Waals surface area contributed by atoms with Gasteiger partial charge in [-0.05, 0) is 46.7 Å².